The number of benzene rings is 1. The van der Waals surface area contributed by atoms with Crippen molar-refractivity contribution in [2.24, 2.45) is 5.73 Å². The Labute approximate surface area is 129 Å². The topological polar surface area (TPSA) is 84.2 Å². The first kappa shape index (κ1) is 14.6. The molecular weight excluding hydrogens is 280 g/mol. The lowest BCUT2D eigenvalue weighted by Gasteiger charge is -2.29. The highest BCUT2D eigenvalue weighted by Crippen LogP contribution is 2.22. The maximum atomic E-state index is 12.4. The average Bonchev–Trinajstić information content (AvgIpc) is 3.05. The molecule has 1 aromatic carbocycles. The van der Waals surface area contributed by atoms with Crippen LogP contribution in [0.5, 0.6) is 5.75 Å². The Bertz CT molecular complexity index is 642. The monoisotopic (exact) mass is 300 g/mol. The van der Waals surface area contributed by atoms with Crippen LogP contribution in [0.15, 0.2) is 30.3 Å². The molecule has 1 saturated heterocycles. The fourth-order valence-corrected chi connectivity index (χ4v) is 2.61. The molecule has 3 rings (SSSR count). The minimum Gasteiger partial charge on any atom is -0.497 e. The number of methoxy groups -OCH3 is 1. The molecule has 6 nitrogen and oxygen atoms in total. The number of hydrogen-bond acceptors (Lipinski definition) is 4. The van der Waals surface area contributed by atoms with Crippen molar-refractivity contribution in [2.45, 2.75) is 18.9 Å². The maximum Gasteiger partial charge on any atom is 0.271 e. The van der Waals surface area contributed by atoms with Gasteiger partial charge in [0.2, 0.25) is 0 Å². The SMILES string of the molecule is COc1ccc(-c2cc(C(=O)N3CCC(N)CC3)[nH]n2)cc1. The molecule has 0 aliphatic carbocycles. The second kappa shape index (κ2) is 6.19. The van der Waals surface area contributed by atoms with Crippen LogP contribution in [0.25, 0.3) is 11.3 Å². The quantitative estimate of drug-likeness (QED) is 0.902. The summed E-state index contributed by atoms with van der Waals surface area (Å²) in [5, 5.41) is 7.07. The zero-order valence-corrected chi connectivity index (χ0v) is 12.6. The predicted octanol–water partition coefficient (Wildman–Crippen LogP) is 1.65. The molecule has 1 amide bonds. The molecule has 2 heterocycles. The Hall–Kier alpha value is -2.34. The lowest BCUT2D eigenvalue weighted by Crippen LogP contribution is -2.42. The van der Waals surface area contributed by atoms with Gasteiger partial charge in [-0.15, -0.1) is 0 Å². The highest BCUT2D eigenvalue weighted by molar-refractivity contribution is 5.93. The number of carbonyl (C=O) groups is 1. The summed E-state index contributed by atoms with van der Waals surface area (Å²) in [6, 6.07) is 9.58. The number of amides is 1. The van der Waals surface area contributed by atoms with Crippen molar-refractivity contribution < 1.29 is 9.53 Å². The first-order valence-electron chi connectivity index (χ1n) is 7.42. The van der Waals surface area contributed by atoms with E-state index < -0.39 is 0 Å². The molecule has 2 aromatic rings. The highest BCUT2D eigenvalue weighted by atomic mass is 16.5. The first-order valence-corrected chi connectivity index (χ1v) is 7.42. The lowest BCUT2D eigenvalue weighted by molar-refractivity contribution is 0.0709. The molecule has 3 N–H and O–H groups in total. The van der Waals surface area contributed by atoms with Gasteiger partial charge in [-0.1, -0.05) is 0 Å². The highest BCUT2D eigenvalue weighted by Gasteiger charge is 2.23. The Kier molecular flexibility index (Phi) is 4.11. The van der Waals surface area contributed by atoms with Crippen LogP contribution in [0.1, 0.15) is 23.3 Å². The number of piperidine rings is 1. The summed E-state index contributed by atoms with van der Waals surface area (Å²) >= 11 is 0. The zero-order valence-electron chi connectivity index (χ0n) is 12.6. The summed E-state index contributed by atoms with van der Waals surface area (Å²) in [4.78, 5) is 14.3. The third kappa shape index (κ3) is 2.96. The number of likely N-dealkylation sites (tertiary alicyclic amines) is 1. The van der Waals surface area contributed by atoms with Crippen LogP contribution in [0.3, 0.4) is 0 Å². The van der Waals surface area contributed by atoms with Gasteiger partial charge < -0.3 is 15.4 Å². The minimum absolute atomic E-state index is 0.0147. The van der Waals surface area contributed by atoms with E-state index in [-0.39, 0.29) is 11.9 Å². The number of carbonyl (C=O) groups excluding carboxylic acids is 1. The molecule has 1 fully saturated rings. The second-order valence-electron chi connectivity index (χ2n) is 5.52. The number of hydrogen-bond donors (Lipinski definition) is 2. The number of H-pyrrole nitrogens is 1. The van der Waals surface area contributed by atoms with E-state index in [9.17, 15) is 4.79 Å². The molecule has 1 aliphatic heterocycles. The van der Waals surface area contributed by atoms with E-state index in [0.29, 0.717) is 18.8 Å². The summed E-state index contributed by atoms with van der Waals surface area (Å²) in [7, 11) is 1.63. The van der Waals surface area contributed by atoms with Crippen molar-refractivity contribution in [3.05, 3.63) is 36.0 Å². The van der Waals surface area contributed by atoms with E-state index in [0.717, 1.165) is 29.8 Å². The molecule has 0 saturated carbocycles. The number of nitrogens with one attached hydrogen (secondary N) is 1. The van der Waals surface area contributed by atoms with Crippen LogP contribution in [-0.2, 0) is 0 Å². The van der Waals surface area contributed by atoms with Crippen molar-refractivity contribution in [2.75, 3.05) is 20.2 Å². The maximum absolute atomic E-state index is 12.4. The van der Waals surface area contributed by atoms with Crippen molar-refractivity contribution in [3.8, 4) is 17.0 Å². The van der Waals surface area contributed by atoms with E-state index in [1.807, 2.05) is 29.2 Å². The Morgan fingerprint density at radius 3 is 2.64 bits per heavy atom. The molecule has 0 bridgehead atoms. The number of nitrogens with two attached hydrogens (primary N) is 1. The Morgan fingerprint density at radius 2 is 2.00 bits per heavy atom. The summed E-state index contributed by atoms with van der Waals surface area (Å²) < 4.78 is 5.14. The third-order valence-corrected chi connectivity index (χ3v) is 4.02. The van der Waals surface area contributed by atoms with Crippen LogP contribution in [0.4, 0.5) is 0 Å². The number of ether oxygens (including phenoxy) is 1. The molecule has 6 heteroatoms. The van der Waals surface area contributed by atoms with Gasteiger partial charge in [0.15, 0.2) is 0 Å². The summed E-state index contributed by atoms with van der Waals surface area (Å²) in [5.41, 5.74) is 8.08. The minimum atomic E-state index is -0.0147. The summed E-state index contributed by atoms with van der Waals surface area (Å²) in [6.07, 6.45) is 1.70. The molecule has 1 aromatic heterocycles. The van der Waals surface area contributed by atoms with Crippen molar-refractivity contribution >= 4 is 5.91 Å². The van der Waals surface area contributed by atoms with Gasteiger partial charge in [-0.05, 0) is 43.2 Å². The van der Waals surface area contributed by atoms with Gasteiger partial charge in [-0.2, -0.15) is 5.10 Å². The molecule has 22 heavy (non-hydrogen) atoms. The van der Waals surface area contributed by atoms with Crippen LogP contribution >= 0.6 is 0 Å². The first-order chi connectivity index (χ1) is 10.7. The largest absolute Gasteiger partial charge is 0.497 e. The molecule has 0 atom stereocenters. The van der Waals surface area contributed by atoms with Crippen molar-refractivity contribution in [1.29, 1.82) is 0 Å². The summed E-state index contributed by atoms with van der Waals surface area (Å²) in [6.45, 7) is 1.41. The molecular formula is C16H20N4O2. The second-order valence-corrected chi connectivity index (χ2v) is 5.52. The smallest absolute Gasteiger partial charge is 0.271 e. The summed E-state index contributed by atoms with van der Waals surface area (Å²) in [5.74, 6) is 0.777. The van der Waals surface area contributed by atoms with Crippen LogP contribution in [-0.4, -0.2) is 47.2 Å². The van der Waals surface area contributed by atoms with Gasteiger partial charge in [-0.25, -0.2) is 0 Å². The fraction of sp³-hybridized carbons (Fsp3) is 0.375. The van der Waals surface area contributed by atoms with E-state index in [4.69, 9.17) is 10.5 Å². The van der Waals surface area contributed by atoms with E-state index in [1.165, 1.54) is 0 Å². The Morgan fingerprint density at radius 1 is 1.32 bits per heavy atom. The number of nitrogens with zero attached hydrogens (tertiary/aromatic N) is 2. The van der Waals surface area contributed by atoms with E-state index in [1.54, 1.807) is 13.2 Å². The van der Waals surface area contributed by atoms with Gasteiger partial charge in [0.25, 0.3) is 5.91 Å². The van der Waals surface area contributed by atoms with Gasteiger partial charge in [0.1, 0.15) is 11.4 Å². The zero-order chi connectivity index (χ0) is 15.5. The average molecular weight is 300 g/mol. The number of rotatable bonds is 3. The molecule has 0 radical (unpaired) electrons. The van der Waals surface area contributed by atoms with Crippen LogP contribution < -0.4 is 10.5 Å². The fourth-order valence-electron chi connectivity index (χ4n) is 2.61. The standard InChI is InChI=1S/C16H20N4O2/c1-22-13-4-2-11(3-5-13)14-10-15(19-18-14)16(21)20-8-6-12(17)7-9-20/h2-5,10,12H,6-9,17H2,1H3,(H,18,19). The predicted molar refractivity (Wildman–Crippen MR) is 83.7 cm³/mol. The van der Waals surface area contributed by atoms with E-state index >= 15 is 0 Å². The molecule has 1 aliphatic rings. The van der Waals surface area contributed by atoms with Gasteiger partial charge in [-0.3, -0.25) is 9.89 Å². The van der Waals surface area contributed by atoms with E-state index in [2.05, 4.69) is 10.2 Å². The number of aromatic nitrogens is 2. The van der Waals surface area contributed by atoms with Gasteiger partial charge >= 0.3 is 0 Å². The van der Waals surface area contributed by atoms with Crippen molar-refractivity contribution in [3.63, 3.8) is 0 Å². The Balaban J connectivity index is 1.73. The van der Waals surface area contributed by atoms with Gasteiger partial charge in [0, 0.05) is 24.7 Å². The van der Waals surface area contributed by atoms with Crippen LogP contribution in [0.2, 0.25) is 0 Å². The van der Waals surface area contributed by atoms with Crippen molar-refractivity contribution in [1.82, 2.24) is 15.1 Å². The normalized spacial score (nSPS) is 15.8. The number of aromatic amines is 1. The molecule has 116 valence electrons. The molecule has 0 spiro atoms. The third-order valence-electron chi connectivity index (χ3n) is 4.02. The molecule has 0 unspecified atom stereocenters. The van der Waals surface area contributed by atoms with Gasteiger partial charge in [0.05, 0.1) is 12.8 Å². The van der Waals surface area contributed by atoms with Crippen LogP contribution in [0, 0.1) is 0 Å². The lowest BCUT2D eigenvalue weighted by atomic mass is 10.1.